The van der Waals surface area contributed by atoms with Gasteiger partial charge in [-0.2, -0.15) is 0 Å². The van der Waals surface area contributed by atoms with Crippen LogP contribution in [0.2, 0.25) is 0 Å². The smallest absolute Gasteiger partial charge is 0.131 e. The maximum Gasteiger partial charge on any atom is 0.131 e. The lowest BCUT2D eigenvalue weighted by atomic mass is 10.1. The van der Waals surface area contributed by atoms with Crippen LogP contribution >= 0.6 is 0 Å². The Bertz CT molecular complexity index is 248. The Morgan fingerprint density at radius 1 is 1.16 bits per heavy atom. The van der Waals surface area contributed by atoms with E-state index < -0.39 is 0 Å². The Balaban J connectivity index is 1.97. The molecule has 112 valence electrons. The first-order valence-electron chi connectivity index (χ1n) is 7.12. The molecule has 1 aliphatic rings. The molecule has 0 bridgehead atoms. The Morgan fingerprint density at radius 2 is 1.84 bits per heavy atom. The van der Waals surface area contributed by atoms with Crippen molar-refractivity contribution in [3.63, 3.8) is 0 Å². The predicted octanol–water partition coefficient (Wildman–Crippen LogP) is 1.11. The number of nitrogens with zero attached hydrogens (tertiary/aromatic N) is 1. The highest BCUT2D eigenvalue weighted by molar-refractivity contribution is 5.76. The van der Waals surface area contributed by atoms with Gasteiger partial charge in [-0.1, -0.05) is 0 Å². The summed E-state index contributed by atoms with van der Waals surface area (Å²) < 4.78 is 15.7. The van der Waals surface area contributed by atoms with Crippen molar-refractivity contribution in [2.24, 2.45) is 0 Å². The van der Waals surface area contributed by atoms with Gasteiger partial charge in [-0.05, 0) is 26.3 Å². The summed E-state index contributed by atoms with van der Waals surface area (Å²) in [5.74, 6) is 0.282. The van der Waals surface area contributed by atoms with Crippen molar-refractivity contribution >= 4 is 5.78 Å². The number of carbonyl (C=O) groups is 1. The van der Waals surface area contributed by atoms with E-state index in [1.165, 1.54) is 6.42 Å². The van der Waals surface area contributed by atoms with Crippen LogP contribution in [0.5, 0.6) is 0 Å². The van der Waals surface area contributed by atoms with Gasteiger partial charge in [-0.25, -0.2) is 0 Å². The molecule has 0 spiro atoms. The van der Waals surface area contributed by atoms with Gasteiger partial charge in [0.25, 0.3) is 0 Å². The van der Waals surface area contributed by atoms with E-state index in [9.17, 15) is 4.79 Å². The predicted molar refractivity (Wildman–Crippen MR) is 73.4 cm³/mol. The lowest BCUT2D eigenvalue weighted by Crippen LogP contribution is -2.34. The van der Waals surface area contributed by atoms with Gasteiger partial charge in [0.05, 0.1) is 33.0 Å². The van der Waals surface area contributed by atoms with Crippen molar-refractivity contribution < 1.29 is 19.0 Å². The van der Waals surface area contributed by atoms with Gasteiger partial charge < -0.3 is 14.2 Å². The third kappa shape index (κ3) is 7.62. The molecule has 5 nitrogen and oxygen atoms in total. The van der Waals surface area contributed by atoms with E-state index in [2.05, 4.69) is 4.90 Å². The SMILES string of the molecule is COCCOCCOCCN1CCCC1CC(C)=O. The molecule has 0 aromatic rings. The first kappa shape index (κ1) is 16.6. The number of rotatable bonds is 11. The molecule has 0 aromatic carbocycles. The quantitative estimate of drug-likeness (QED) is 0.528. The normalized spacial score (nSPS) is 20.0. The van der Waals surface area contributed by atoms with Crippen LogP contribution in [0.25, 0.3) is 0 Å². The minimum absolute atomic E-state index is 0.282. The van der Waals surface area contributed by atoms with Crippen molar-refractivity contribution in [3.8, 4) is 0 Å². The molecule has 1 aliphatic heterocycles. The molecular formula is C14H27NO4. The van der Waals surface area contributed by atoms with Crippen LogP contribution in [-0.2, 0) is 19.0 Å². The molecule has 0 amide bonds. The summed E-state index contributed by atoms with van der Waals surface area (Å²) in [6.45, 7) is 6.86. The molecule has 19 heavy (non-hydrogen) atoms. The number of likely N-dealkylation sites (tertiary alicyclic amines) is 1. The van der Waals surface area contributed by atoms with E-state index in [1.54, 1.807) is 14.0 Å². The number of hydrogen-bond donors (Lipinski definition) is 0. The van der Waals surface area contributed by atoms with Gasteiger partial charge in [0.15, 0.2) is 0 Å². The summed E-state index contributed by atoms with van der Waals surface area (Å²) in [4.78, 5) is 13.5. The lowest BCUT2D eigenvalue weighted by molar-refractivity contribution is -0.118. The monoisotopic (exact) mass is 273 g/mol. The molecule has 1 unspecified atom stereocenters. The zero-order valence-corrected chi connectivity index (χ0v) is 12.2. The first-order valence-corrected chi connectivity index (χ1v) is 7.12. The summed E-state index contributed by atoms with van der Waals surface area (Å²) >= 11 is 0. The minimum atomic E-state index is 0.282. The van der Waals surface area contributed by atoms with Crippen molar-refractivity contribution in [2.45, 2.75) is 32.2 Å². The van der Waals surface area contributed by atoms with Gasteiger partial charge in [-0.15, -0.1) is 0 Å². The van der Waals surface area contributed by atoms with Crippen molar-refractivity contribution in [2.75, 3.05) is 53.2 Å². The Morgan fingerprint density at radius 3 is 2.53 bits per heavy atom. The maximum absolute atomic E-state index is 11.2. The summed E-state index contributed by atoms with van der Waals surface area (Å²) in [5.41, 5.74) is 0. The molecule has 0 N–H and O–H groups in total. The second kappa shape index (κ2) is 10.3. The standard InChI is InChI=1S/C14H27NO4/c1-13(16)12-14-4-3-5-15(14)6-7-18-10-11-19-9-8-17-2/h14H,3-12H2,1-2H3. The number of Topliss-reactive ketones (excluding diaryl/α,β-unsaturated/α-hetero) is 1. The number of ketones is 1. The molecule has 0 aliphatic carbocycles. The van der Waals surface area contributed by atoms with Crippen molar-refractivity contribution in [3.05, 3.63) is 0 Å². The molecule has 0 saturated carbocycles. The Kier molecular flexibility index (Phi) is 8.99. The third-order valence-corrected chi connectivity index (χ3v) is 3.35. The fourth-order valence-electron chi connectivity index (χ4n) is 2.40. The molecule has 1 heterocycles. The largest absolute Gasteiger partial charge is 0.382 e. The van der Waals surface area contributed by atoms with Gasteiger partial charge in [0, 0.05) is 26.1 Å². The fourth-order valence-corrected chi connectivity index (χ4v) is 2.40. The number of methoxy groups -OCH3 is 1. The number of carbonyl (C=O) groups excluding carboxylic acids is 1. The van der Waals surface area contributed by atoms with Gasteiger partial charge in [0.2, 0.25) is 0 Å². The molecule has 1 fully saturated rings. The van der Waals surface area contributed by atoms with Crippen LogP contribution in [0.15, 0.2) is 0 Å². The van der Waals surface area contributed by atoms with Crippen LogP contribution in [0.3, 0.4) is 0 Å². The molecule has 1 atom stereocenters. The Hall–Kier alpha value is -0.490. The van der Waals surface area contributed by atoms with Gasteiger partial charge >= 0.3 is 0 Å². The summed E-state index contributed by atoms with van der Waals surface area (Å²) in [6.07, 6.45) is 3.01. The van der Waals surface area contributed by atoms with E-state index >= 15 is 0 Å². The van der Waals surface area contributed by atoms with Crippen molar-refractivity contribution in [1.29, 1.82) is 0 Å². The summed E-state index contributed by atoms with van der Waals surface area (Å²) in [7, 11) is 1.66. The second-order valence-corrected chi connectivity index (χ2v) is 4.96. The maximum atomic E-state index is 11.2. The summed E-state index contributed by atoms with van der Waals surface area (Å²) in [5, 5.41) is 0. The highest BCUT2D eigenvalue weighted by Crippen LogP contribution is 2.19. The van der Waals surface area contributed by atoms with E-state index in [1.807, 2.05) is 0 Å². The molecular weight excluding hydrogens is 246 g/mol. The van der Waals surface area contributed by atoms with E-state index in [4.69, 9.17) is 14.2 Å². The number of ether oxygens (including phenoxy) is 3. The van der Waals surface area contributed by atoms with E-state index in [-0.39, 0.29) is 5.78 Å². The lowest BCUT2D eigenvalue weighted by Gasteiger charge is -2.23. The summed E-state index contributed by atoms with van der Waals surface area (Å²) in [6, 6.07) is 0.430. The third-order valence-electron chi connectivity index (χ3n) is 3.35. The second-order valence-electron chi connectivity index (χ2n) is 4.96. The molecule has 5 heteroatoms. The topological polar surface area (TPSA) is 48.0 Å². The van der Waals surface area contributed by atoms with E-state index in [0.717, 1.165) is 19.5 Å². The average Bonchev–Trinajstić information content (AvgIpc) is 2.79. The van der Waals surface area contributed by atoms with Crippen LogP contribution in [0.1, 0.15) is 26.2 Å². The highest BCUT2D eigenvalue weighted by atomic mass is 16.5. The van der Waals surface area contributed by atoms with E-state index in [0.29, 0.717) is 45.5 Å². The van der Waals surface area contributed by atoms with Crippen LogP contribution in [0, 0.1) is 0 Å². The molecule has 1 saturated heterocycles. The van der Waals surface area contributed by atoms with Gasteiger partial charge in [0.1, 0.15) is 5.78 Å². The highest BCUT2D eigenvalue weighted by Gasteiger charge is 2.24. The zero-order chi connectivity index (χ0) is 13.9. The minimum Gasteiger partial charge on any atom is -0.382 e. The van der Waals surface area contributed by atoms with Gasteiger partial charge in [-0.3, -0.25) is 9.69 Å². The molecule has 0 aromatic heterocycles. The average molecular weight is 273 g/mol. The molecule has 0 radical (unpaired) electrons. The van der Waals surface area contributed by atoms with Crippen LogP contribution in [-0.4, -0.2) is 70.0 Å². The molecule has 1 rings (SSSR count). The van der Waals surface area contributed by atoms with Crippen molar-refractivity contribution in [1.82, 2.24) is 4.90 Å². The zero-order valence-electron chi connectivity index (χ0n) is 12.2. The first-order chi connectivity index (χ1) is 9.24. The van der Waals surface area contributed by atoms with Crippen LogP contribution in [0.4, 0.5) is 0 Å². The Labute approximate surface area is 116 Å². The number of hydrogen-bond acceptors (Lipinski definition) is 5. The van der Waals surface area contributed by atoms with Crippen LogP contribution < -0.4 is 0 Å². The fraction of sp³-hybridized carbons (Fsp3) is 0.929.